The molecule has 2 saturated heterocycles. The van der Waals surface area contributed by atoms with E-state index in [-0.39, 0.29) is 5.91 Å². The monoisotopic (exact) mass is 418 g/mol. The lowest BCUT2D eigenvalue weighted by molar-refractivity contribution is -0.134. The Morgan fingerprint density at radius 1 is 0.857 bits per heavy atom. The number of hydrogen-bond acceptors (Lipinski definition) is 5. The fourth-order valence-corrected chi connectivity index (χ4v) is 5.04. The average molecular weight is 419 g/mol. The topological polar surface area (TPSA) is 30.0 Å². The summed E-state index contributed by atoms with van der Waals surface area (Å²) < 4.78 is 0.844. The Bertz CT molecular complexity index is 768. The maximum absolute atomic E-state index is 12.7. The van der Waals surface area contributed by atoms with Crippen molar-refractivity contribution in [2.45, 2.75) is 6.54 Å². The van der Waals surface area contributed by atoms with Crippen LogP contribution in [0.3, 0.4) is 0 Å². The Labute approximate surface area is 176 Å². The van der Waals surface area contributed by atoms with Gasteiger partial charge < -0.3 is 9.80 Å². The highest BCUT2D eigenvalue weighted by molar-refractivity contribution is 7.16. The maximum Gasteiger partial charge on any atom is 0.236 e. The van der Waals surface area contributed by atoms with Crippen molar-refractivity contribution in [3.05, 3.63) is 51.7 Å². The molecule has 7 heteroatoms. The number of carbonyl (C=O) groups is 1. The van der Waals surface area contributed by atoms with Gasteiger partial charge in [-0.15, -0.1) is 11.3 Å². The van der Waals surface area contributed by atoms with Crippen LogP contribution in [0.25, 0.3) is 0 Å². The van der Waals surface area contributed by atoms with E-state index >= 15 is 0 Å². The highest BCUT2D eigenvalue weighted by atomic mass is 35.5. The maximum atomic E-state index is 12.7. The molecule has 150 valence electrons. The number of amides is 1. The number of halogens is 1. The van der Waals surface area contributed by atoms with Crippen LogP contribution in [0.4, 0.5) is 5.69 Å². The molecule has 2 aromatic rings. The quantitative estimate of drug-likeness (QED) is 0.746. The van der Waals surface area contributed by atoms with Crippen LogP contribution < -0.4 is 4.90 Å². The Morgan fingerprint density at radius 2 is 1.54 bits per heavy atom. The van der Waals surface area contributed by atoms with Crippen molar-refractivity contribution in [2.24, 2.45) is 0 Å². The number of thiophene rings is 1. The second-order valence-corrected chi connectivity index (χ2v) is 9.26. The van der Waals surface area contributed by atoms with Crippen LogP contribution in [0.5, 0.6) is 0 Å². The predicted molar refractivity (Wildman–Crippen MR) is 116 cm³/mol. The van der Waals surface area contributed by atoms with Crippen LogP contribution in [0.1, 0.15) is 4.88 Å². The number of benzene rings is 1. The van der Waals surface area contributed by atoms with Crippen LogP contribution in [0, 0.1) is 0 Å². The van der Waals surface area contributed by atoms with Crippen molar-refractivity contribution in [2.75, 3.05) is 63.8 Å². The molecule has 4 rings (SSSR count). The van der Waals surface area contributed by atoms with Gasteiger partial charge in [0, 0.05) is 69.5 Å². The summed E-state index contributed by atoms with van der Waals surface area (Å²) in [6.45, 7) is 8.84. The molecule has 0 bridgehead atoms. The van der Waals surface area contributed by atoms with E-state index in [1.54, 1.807) is 11.3 Å². The molecular weight excluding hydrogens is 392 g/mol. The highest BCUT2D eigenvalue weighted by Gasteiger charge is 2.25. The van der Waals surface area contributed by atoms with Crippen LogP contribution in [0.2, 0.25) is 4.34 Å². The van der Waals surface area contributed by atoms with Crippen molar-refractivity contribution in [1.29, 1.82) is 0 Å². The molecule has 5 nitrogen and oxygen atoms in total. The van der Waals surface area contributed by atoms with Gasteiger partial charge in [-0.05, 0) is 24.3 Å². The van der Waals surface area contributed by atoms with Gasteiger partial charge in [-0.25, -0.2) is 0 Å². The highest BCUT2D eigenvalue weighted by Crippen LogP contribution is 2.23. The number of nitrogens with zero attached hydrogens (tertiary/aromatic N) is 4. The molecule has 3 heterocycles. The predicted octanol–water partition coefficient (Wildman–Crippen LogP) is 2.87. The van der Waals surface area contributed by atoms with Crippen molar-refractivity contribution >= 4 is 34.5 Å². The van der Waals surface area contributed by atoms with Gasteiger partial charge in [0.1, 0.15) is 0 Å². The summed E-state index contributed by atoms with van der Waals surface area (Å²) in [7, 11) is 0. The van der Waals surface area contributed by atoms with Crippen LogP contribution in [-0.4, -0.2) is 79.5 Å². The average Bonchev–Trinajstić information content (AvgIpc) is 3.14. The molecule has 0 unspecified atom stereocenters. The van der Waals surface area contributed by atoms with E-state index in [0.29, 0.717) is 6.54 Å². The fraction of sp³-hybridized carbons (Fsp3) is 0.476. The van der Waals surface area contributed by atoms with E-state index < -0.39 is 0 Å². The zero-order valence-electron chi connectivity index (χ0n) is 16.1. The zero-order chi connectivity index (χ0) is 19.3. The summed E-state index contributed by atoms with van der Waals surface area (Å²) in [4.78, 5) is 23.1. The molecule has 0 aliphatic carbocycles. The minimum absolute atomic E-state index is 0.270. The molecule has 1 aromatic carbocycles. The number of hydrogen-bond donors (Lipinski definition) is 0. The first-order valence-corrected chi connectivity index (χ1v) is 11.1. The molecule has 2 fully saturated rings. The molecule has 1 aromatic heterocycles. The van der Waals surface area contributed by atoms with Gasteiger partial charge in [0.25, 0.3) is 0 Å². The SMILES string of the molecule is O=C(CN1CCN(c2ccccc2)CC1)N1CCN(Cc2ccc(Cl)s2)CC1. The third-order valence-corrected chi connectivity index (χ3v) is 6.80. The molecule has 2 aliphatic heterocycles. The van der Waals surface area contributed by atoms with Gasteiger partial charge in [0.05, 0.1) is 10.9 Å². The Hall–Kier alpha value is -1.60. The number of rotatable bonds is 5. The van der Waals surface area contributed by atoms with Crippen molar-refractivity contribution in [1.82, 2.24) is 14.7 Å². The minimum atomic E-state index is 0.270. The summed E-state index contributed by atoms with van der Waals surface area (Å²) in [6.07, 6.45) is 0. The lowest BCUT2D eigenvalue weighted by atomic mass is 10.2. The normalized spacial score (nSPS) is 19.2. The first-order valence-electron chi connectivity index (χ1n) is 9.94. The van der Waals surface area contributed by atoms with E-state index in [1.807, 2.05) is 17.0 Å². The fourth-order valence-electron chi connectivity index (χ4n) is 3.91. The van der Waals surface area contributed by atoms with Gasteiger partial charge in [-0.3, -0.25) is 14.6 Å². The van der Waals surface area contributed by atoms with Crippen molar-refractivity contribution in [3.63, 3.8) is 0 Å². The van der Waals surface area contributed by atoms with E-state index in [2.05, 4.69) is 45.0 Å². The first kappa shape index (κ1) is 19.7. The Morgan fingerprint density at radius 3 is 2.18 bits per heavy atom. The number of carbonyl (C=O) groups excluding carboxylic acids is 1. The van der Waals surface area contributed by atoms with Crippen LogP contribution >= 0.6 is 22.9 Å². The largest absolute Gasteiger partial charge is 0.369 e. The summed E-state index contributed by atoms with van der Waals surface area (Å²) in [5, 5.41) is 0. The molecule has 0 atom stereocenters. The molecule has 0 N–H and O–H groups in total. The number of para-hydroxylation sites is 1. The smallest absolute Gasteiger partial charge is 0.236 e. The lowest BCUT2D eigenvalue weighted by Gasteiger charge is -2.38. The number of piperazine rings is 2. The minimum Gasteiger partial charge on any atom is -0.369 e. The molecule has 2 aliphatic rings. The van der Waals surface area contributed by atoms with Crippen molar-refractivity contribution < 1.29 is 4.79 Å². The van der Waals surface area contributed by atoms with Crippen LogP contribution in [0.15, 0.2) is 42.5 Å². The summed E-state index contributed by atoms with van der Waals surface area (Å²) >= 11 is 7.66. The van der Waals surface area contributed by atoms with Gasteiger partial charge in [0.2, 0.25) is 5.91 Å². The molecule has 28 heavy (non-hydrogen) atoms. The summed E-state index contributed by atoms with van der Waals surface area (Å²) in [5.41, 5.74) is 1.27. The Kier molecular flexibility index (Phi) is 6.52. The standard InChI is InChI=1S/C21H27ClN4OS/c22-20-7-6-19(28-20)16-23-10-14-26(15-11-23)21(27)17-24-8-12-25(13-9-24)18-4-2-1-3-5-18/h1-7H,8-17H2. The zero-order valence-corrected chi connectivity index (χ0v) is 17.7. The van der Waals surface area contributed by atoms with Gasteiger partial charge >= 0.3 is 0 Å². The van der Waals surface area contributed by atoms with E-state index in [0.717, 1.165) is 63.2 Å². The second-order valence-electron chi connectivity index (χ2n) is 7.46. The summed E-state index contributed by atoms with van der Waals surface area (Å²) in [5.74, 6) is 0.270. The van der Waals surface area contributed by atoms with E-state index in [4.69, 9.17) is 11.6 Å². The van der Waals surface area contributed by atoms with E-state index in [9.17, 15) is 4.79 Å². The third-order valence-electron chi connectivity index (χ3n) is 5.59. The Balaban J connectivity index is 1.19. The first-order chi connectivity index (χ1) is 13.7. The van der Waals surface area contributed by atoms with E-state index in [1.165, 1.54) is 10.6 Å². The second kappa shape index (κ2) is 9.27. The molecule has 0 spiro atoms. The van der Waals surface area contributed by atoms with Crippen molar-refractivity contribution in [3.8, 4) is 0 Å². The molecule has 0 radical (unpaired) electrons. The number of anilines is 1. The summed E-state index contributed by atoms with van der Waals surface area (Å²) in [6, 6.07) is 14.6. The molecule has 0 saturated carbocycles. The van der Waals surface area contributed by atoms with Gasteiger partial charge in [-0.1, -0.05) is 29.8 Å². The molecule has 1 amide bonds. The van der Waals surface area contributed by atoms with Gasteiger partial charge in [0.15, 0.2) is 0 Å². The van der Waals surface area contributed by atoms with Crippen LogP contribution in [-0.2, 0) is 11.3 Å². The van der Waals surface area contributed by atoms with Gasteiger partial charge in [-0.2, -0.15) is 0 Å². The third kappa shape index (κ3) is 5.06. The lowest BCUT2D eigenvalue weighted by Crippen LogP contribution is -2.53. The molecular formula is C21H27ClN4OS.